The molecule has 0 radical (unpaired) electrons. The number of nitrogens with zero attached hydrogens (tertiary/aromatic N) is 8. The number of hydrogen-bond donors (Lipinski definition) is 1. The van der Waals surface area contributed by atoms with Gasteiger partial charge in [0.05, 0.1) is 11.4 Å². The molecule has 3 heterocycles. The summed E-state index contributed by atoms with van der Waals surface area (Å²) in [6.07, 6.45) is 6.62. The lowest BCUT2D eigenvalue weighted by molar-refractivity contribution is 0.863. The largest absolute Gasteiger partial charge is 0.324 e. The molecule has 3 aromatic heterocycles. The Hall–Kier alpha value is -4.14. The molecule has 0 amide bonds. The number of aryl methyl sites for hydroxylation is 1. The molecule has 0 spiro atoms. The summed E-state index contributed by atoms with van der Waals surface area (Å²) in [4.78, 5) is 17.2. The van der Waals surface area contributed by atoms with Crippen LogP contribution >= 0.6 is 0 Å². The minimum Gasteiger partial charge on any atom is -0.324 e. The van der Waals surface area contributed by atoms with E-state index in [1.165, 1.54) is 6.33 Å². The van der Waals surface area contributed by atoms with Gasteiger partial charge in [-0.25, -0.2) is 29.3 Å². The van der Waals surface area contributed by atoms with Crippen LogP contribution in [0.2, 0.25) is 0 Å². The Morgan fingerprint density at radius 1 is 0.929 bits per heavy atom. The van der Waals surface area contributed by atoms with Gasteiger partial charge in [-0.1, -0.05) is 12.1 Å². The van der Waals surface area contributed by atoms with Crippen LogP contribution in [0.25, 0.3) is 22.3 Å². The number of hydrogen-bond acceptors (Lipinski definition) is 7. The summed E-state index contributed by atoms with van der Waals surface area (Å²) in [5, 5.41) is 12.7. The highest BCUT2D eigenvalue weighted by Crippen LogP contribution is 2.22. The third kappa shape index (κ3) is 2.94. The zero-order valence-corrected chi connectivity index (χ0v) is 14.9. The van der Waals surface area contributed by atoms with Crippen LogP contribution in [0.5, 0.6) is 0 Å². The molecule has 0 fully saturated rings. The van der Waals surface area contributed by atoms with Crippen LogP contribution in [0.3, 0.4) is 0 Å². The van der Waals surface area contributed by atoms with E-state index in [0.29, 0.717) is 5.95 Å². The molecule has 5 aromatic rings. The van der Waals surface area contributed by atoms with E-state index < -0.39 is 0 Å². The van der Waals surface area contributed by atoms with E-state index in [1.54, 1.807) is 28.2 Å². The van der Waals surface area contributed by atoms with Crippen LogP contribution in [0.1, 0.15) is 5.82 Å². The lowest BCUT2D eigenvalue weighted by Gasteiger charge is -2.09. The van der Waals surface area contributed by atoms with Crippen molar-refractivity contribution in [1.82, 2.24) is 39.5 Å². The Morgan fingerprint density at radius 2 is 1.82 bits per heavy atom. The van der Waals surface area contributed by atoms with Gasteiger partial charge < -0.3 is 5.32 Å². The third-order valence-corrected chi connectivity index (χ3v) is 4.25. The molecular weight excluding hydrogens is 354 g/mol. The highest BCUT2D eigenvalue weighted by atomic mass is 15.3. The Bertz CT molecular complexity index is 1240. The van der Waals surface area contributed by atoms with Crippen LogP contribution in [0.4, 0.5) is 11.6 Å². The molecule has 28 heavy (non-hydrogen) atoms. The molecule has 2 aromatic carbocycles. The quantitative estimate of drug-likeness (QED) is 0.520. The summed E-state index contributed by atoms with van der Waals surface area (Å²) in [5.41, 5.74) is 3.44. The summed E-state index contributed by atoms with van der Waals surface area (Å²) >= 11 is 0. The SMILES string of the molecule is Cc1ncn(-c2ccc(Nc3ncc4cccc(-n5cncn5)c4n3)cc2)n1. The monoisotopic (exact) mass is 369 g/mol. The molecular formula is C19H15N9. The molecule has 0 saturated heterocycles. The minimum atomic E-state index is 0.504. The molecule has 0 aliphatic rings. The van der Waals surface area contributed by atoms with Crippen molar-refractivity contribution in [2.75, 3.05) is 5.32 Å². The zero-order valence-electron chi connectivity index (χ0n) is 14.9. The van der Waals surface area contributed by atoms with Gasteiger partial charge in [0.15, 0.2) is 0 Å². The number of nitrogens with one attached hydrogen (secondary N) is 1. The van der Waals surface area contributed by atoms with Gasteiger partial charge in [-0.15, -0.1) is 0 Å². The molecule has 0 unspecified atom stereocenters. The molecule has 9 heteroatoms. The molecule has 5 rings (SSSR count). The van der Waals surface area contributed by atoms with Gasteiger partial charge in [-0.05, 0) is 37.3 Å². The van der Waals surface area contributed by atoms with E-state index in [0.717, 1.165) is 33.8 Å². The average molecular weight is 369 g/mol. The lowest BCUT2D eigenvalue weighted by atomic mass is 10.2. The maximum atomic E-state index is 4.67. The first kappa shape index (κ1) is 16.1. The van der Waals surface area contributed by atoms with Crippen molar-refractivity contribution < 1.29 is 0 Å². The van der Waals surface area contributed by atoms with E-state index in [1.807, 2.05) is 49.4 Å². The predicted octanol–water partition coefficient (Wildman–Crippen LogP) is 2.84. The van der Waals surface area contributed by atoms with Gasteiger partial charge in [-0.2, -0.15) is 10.2 Å². The Kier molecular flexibility index (Phi) is 3.75. The molecule has 0 bridgehead atoms. The summed E-state index contributed by atoms with van der Waals surface area (Å²) < 4.78 is 3.42. The Labute approximate surface area is 159 Å². The molecule has 0 aliphatic carbocycles. The van der Waals surface area contributed by atoms with Crippen molar-refractivity contribution in [3.63, 3.8) is 0 Å². The average Bonchev–Trinajstić information content (AvgIpc) is 3.40. The molecule has 0 atom stereocenters. The van der Waals surface area contributed by atoms with Crippen LogP contribution < -0.4 is 5.32 Å². The second-order valence-corrected chi connectivity index (χ2v) is 6.16. The van der Waals surface area contributed by atoms with Crippen molar-refractivity contribution in [3.8, 4) is 11.4 Å². The van der Waals surface area contributed by atoms with Crippen LogP contribution in [0.15, 0.2) is 67.6 Å². The lowest BCUT2D eigenvalue weighted by Crippen LogP contribution is -2.01. The fraction of sp³-hybridized carbons (Fsp3) is 0.0526. The first-order valence-electron chi connectivity index (χ1n) is 8.63. The Morgan fingerprint density at radius 3 is 2.57 bits per heavy atom. The number of aromatic nitrogens is 8. The second-order valence-electron chi connectivity index (χ2n) is 6.16. The maximum Gasteiger partial charge on any atom is 0.227 e. The van der Waals surface area contributed by atoms with Crippen LogP contribution in [0, 0.1) is 6.92 Å². The van der Waals surface area contributed by atoms with Crippen molar-refractivity contribution in [2.24, 2.45) is 0 Å². The summed E-state index contributed by atoms with van der Waals surface area (Å²) in [5.74, 6) is 1.24. The zero-order chi connectivity index (χ0) is 18.9. The van der Waals surface area contributed by atoms with Gasteiger partial charge in [0.25, 0.3) is 0 Å². The Balaban J connectivity index is 1.46. The minimum absolute atomic E-state index is 0.504. The van der Waals surface area contributed by atoms with Crippen molar-refractivity contribution in [3.05, 3.63) is 73.5 Å². The standard InChI is InChI=1S/C19H15N9/c1-13-22-12-27(26-13)16-7-5-15(6-8-16)24-19-21-9-14-3-2-4-17(18(14)25-19)28-11-20-10-23-28/h2-12H,1H3,(H,21,24,25). The molecule has 0 aliphatic heterocycles. The summed E-state index contributed by atoms with van der Waals surface area (Å²) in [7, 11) is 0. The third-order valence-electron chi connectivity index (χ3n) is 4.25. The molecule has 9 nitrogen and oxygen atoms in total. The fourth-order valence-electron chi connectivity index (χ4n) is 2.91. The van der Waals surface area contributed by atoms with Crippen molar-refractivity contribution in [1.29, 1.82) is 0 Å². The molecule has 1 N–H and O–H groups in total. The number of fused-ring (bicyclic) bond motifs is 1. The van der Waals surface area contributed by atoms with Crippen molar-refractivity contribution >= 4 is 22.5 Å². The van der Waals surface area contributed by atoms with E-state index in [4.69, 9.17) is 0 Å². The van der Waals surface area contributed by atoms with E-state index in [2.05, 4.69) is 35.5 Å². The summed E-state index contributed by atoms with van der Waals surface area (Å²) in [6.45, 7) is 1.86. The predicted molar refractivity (Wildman–Crippen MR) is 104 cm³/mol. The second kappa shape index (κ2) is 6.54. The highest BCUT2D eigenvalue weighted by Gasteiger charge is 2.08. The van der Waals surface area contributed by atoms with Gasteiger partial charge >= 0.3 is 0 Å². The topological polar surface area (TPSA) is 99.2 Å². The van der Waals surface area contributed by atoms with Crippen LogP contribution in [-0.4, -0.2) is 39.5 Å². The van der Waals surface area contributed by atoms with Gasteiger partial charge in [0.2, 0.25) is 5.95 Å². The number of benzene rings is 2. The highest BCUT2D eigenvalue weighted by molar-refractivity contribution is 5.86. The smallest absolute Gasteiger partial charge is 0.227 e. The number of rotatable bonds is 4. The fourth-order valence-corrected chi connectivity index (χ4v) is 2.91. The van der Waals surface area contributed by atoms with E-state index in [9.17, 15) is 0 Å². The van der Waals surface area contributed by atoms with Gasteiger partial charge in [0.1, 0.15) is 30.3 Å². The van der Waals surface area contributed by atoms with Gasteiger partial charge in [0, 0.05) is 17.3 Å². The normalized spacial score (nSPS) is 11.0. The van der Waals surface area contributed by atoms with Gasteiger partial charge in [-0.3, -0.25) is 0 Å². The first-order valence-corrected chi connectivity index (χ1v) is 8.63. The van der Waals surface area contributed by atoms with E-state index in [-0.39, 0.29) is 0 Å². The molecule has 136 valence electrons. The number of anilines is 2. The molecule has 0 saturated carbocycles. The van der Waals surface area contributed by atoms with Crippen LogP contribution in [-0.2, 0) is 0 Å². The summed E-state index contributed by atoms with van der Waals surface area (Å²) in [6, 6.07) is 13.7. The van der Waals surface area contributed by atoms with Crippen molar-refractivity contribution in [2.45, 2.75) is 6.92 Å². The number of para-hydroxylation sites is 1. The maximum absolute atomic E-state index is 4.67. The first-order chi connectivity index (χ1) is 13.8. The van der Waals surface area contributed by atoms with E-state index >= 15 is 0 Å².